The molecule has 0 bridgehead atoms. The Morgan fingerprint density at radius 1 is 1.18 bits per heavy atom. The van der Waals surface area contributed by atoms with E-state index in [0.29, 0.717) is 19.0 Å². The van der Waals surface area contributed by atoms with Gasteiger partial charge in [-0.1, -0.05) is 0 Å². The van der Waals surface area contributed by atoms with Crippen molar-refractivity contribution in [3.05, 3.63) is 0 Å². The second-order valence-corrected chi connectivity index (χ2v) is 4.76. The van der Waals surface area contributed by atoms with Crippen molar-refractivity contribution in [3.8, 4) is 0 Å². The number of halogens is 4. The zero-order valence-electron chi connectivity index (χ0n) is 13.3. The van der Waals surface area contributed by atoms with Crippen LogP contribution in [0.4, 0.5) is 13.2 Å². The Hall–Kier alpha value is -0.780. The van der Waals surface area contributed by atoms with E-state index in [2.05, 4.69) is 15.6 Å². The van der Waals surface area contributed by atoms with E-state index in [1.54, 1.807) is 14.1 Å². The first-order chi connectivity index (χ1) is 9.65. The van der Waals surface area contributed by atoms with Crippen molar-refractivity contribution >= 4 is 35.8 Å². The molecule has 0 saturated carbocycles. The van der Waals surface area contributed by atoms with Crippen LogP contribution in [0.25, 0.3) is 0 Å². The summed E-state index contributed by atoms with van der Waals surface area (Å²) >= 11 is 0. The molecule has 0 saturated heterocycles. The van der Waals surface area contributed by atoms with E-state index in [4.69, 9.17) is 0 Å². The first-order valence-electron chi connectivity index (χ1n) is 6.63. The summed E-state index contributed by atoms with van der Waals surface area (Å²) in [7, 11) is 4.66. The third-order valence-corrected chi connectivity index (χ3v) is 2.45. The number of carbonyl (C=O) groups is 1. The predicted molar refractivity (Wildman–Crippen MR) is 91.6 cm³/mol. The highest BCUT2D eigenvalue weighted by Gasteiger charge is 2.28. The summed E-state index contributed by atoms with van der Waals surface area (Å²) in [4.78, 5) is 18.1. The Morgan fingerprint density at radius 2 is 1.77 bits per heavy atom. The molecule has 0 radical (unpaired) electrons. The number of likely N-dealkylation sites (N-methyl/N-ethyl adjacent to an activating group) is 2. The van der Waals surface area contributed by atoms with Crippen molar-refractivity contribution < 1.29 is 18.0 Å². The van der Waals surface area contributed by atoms with Crippen LogP contribution in [0.1, 0.15) is 6.92 Å². The Labute approximate surface area is 146 Å². The van der Waals surface area contributed by atoms with Crippen LogP contribution in [-0.4, -0.2) is 81.7 Å². The van der Waals surface area contributed by atoms with E-state index >= 15 is 0 Å². The fourth-order valence-electron chi connectivity index (χ4n) is 1.38. The monoisotopic (exact) mass is 439 g/mol. The average molecular weight is 439 g/mol. The molecule has 0 rings (SSSR count). The summed E-state index contributed by atoms with van der Waals surface area (Å²) in [6.45, 7) is 2.00. The van der Waals surface area contributed by atoms with Crippen molar-refractivity contribution in [2.24, 2.45) is 4.99 Å². The minimum atomic E-state index is -4.20. The second kappa shape index (κ2) is 11.7. The third-order valence-electron chi connectivity index (χ3n) is 2.45. The minimum Gasteiger partial charge on any atom is -0.357 e. The van der Waals surface area contributed by atoms with Crippen molar-refractivity contribution in [2.75, 3.05) is 53.9 Å². The molecule has 132 valence electrons. The van der Waals surface area contributed by atoms with Crippen molar-refractivity contribution in [3.63, 3.8) is 0 Å². The molecular formula is C12H25F3IN5O. The van der Waals surface area contributed by atoms with Crippen LogP contribution in [0.3, 0.4) is 0 Å². The molecule has 0 aromatic carbocycles. The minimum absolute atomic E-state index is 0. The highest BCUT2D eigenvalue weighted by Crippen LogP contribution is 2.14. The van der Waals surface area contributed by atoms with Gasteiger partial charge in [-0.25, -0.2) is 4.99 Å². The van der Waals surface area contributed by atoms with E-state index in [9.17, 15) is 18.0 Å². The van der Waals surface area contributed by atoms with Crippen LogP contribution in [0, 0.1) is 0 Å². The molecule has 0 fully saturated rings. The Bertz CT molecular complexity index is 350. The fraction of sp³-hybridized carbons (Fsp3) is 0.833. The van der Waals surface area contributed by atoms with Gasteiger partial charge in [0.15, 0.2) is 5.96 Å². The molecule has 0 spiro atoms. The smallest absolute Gasteiger partial charge is 0.357 e. The number of hydrogen-bond acceptors (Lipinski definition) is 3. The topological polar surface area (TPSA) is 60.0 Å². The molecule has 0 atom stereocenters. The van der Waals surface area contributed by atoms with Crippen LogP contribution in [-0.2, 0) is 4.79 Å². The number of nitrogens with one attached hydrogen (secondary N) is 2. The van der Waals surface area contributed by atoms with Crippen LogP contribution in [0.2, 0.25) is 0 Å². The van der Waals surface area contributed by atoms with Gasteiger partial charge in [0.2, 0.25) is 5.91 Å². The molecule has 6 nitrogen and oxygen atoms in total. The van der Waals surface area contributed by atoms with Gasteiger partial charge in [-0.05, 0) is 14.0 Å². The maximum absolute atomic E-state index is 12.2. The first-order valence-corrected chi connectivity index (χ1v) is 6.63. The van der Waals surface area contributed by atoms with Crippen molar-refractivity contribution in [2.45, 2.75) is 13.1 Å². The van der Waals surface area contributed by atoms with Gasteiger partial charge in [0.05, 0.1) is 6.54 Å². The SMILES string of the molecule is CCNC(=NCC(=O)N(C)C)NCCN(C)CC(F)(F)F.I. The number of amides is 1. The van der Waals surface area contributed by atoms with Crippen LogP contribution in [0.5, 0.6) is 0 Å². The number of nitrogens with zero attached hydrogens (tertiary/aromatic N) is 3. The van der Waals surface area contributed by atoms with Gasteiger partial charge in [-0.15, -0.1) is 24.0 Å². The highest BCUT2D eigenvalue weighted by atomic mass is 127. The molecule has 0 aliphatic heterocycles. The summed E-state index contributed by atoms with van der Waals surface area (Å²) < 4.78 is 36.5. The molecule has 0 unspecified atom stereocenters. The average Bonchev–Trinajstić information content (AvgIpc) is 2.33. The lowest BCUT2D eigenvalue weighted by Crippen LogP contribution is -2.43. The van der Waals surface area contributed by atoms with E-state index in [-0.39, 0.29) is 43.0 Å². The third kappa shape index (κ3) is 12.9. The maximum Gasteiger partial charge on any atom is 0.401 e. The molecule has 1 amide bonds. The summed E-state index contributed by atoms with van der Waals surface area (Å²) in [6.07, 6.45) is -4.20. The zero-order chi connectivity index (χ0) is 16.5. The predicted octanol–water partition coefficient (Wildman–Crippen LogP) is 0.742. The van der Waals surface area contributed by atoms with Crippen LogP contribution >= 0.6 is 24.0 Å². The van der Waals surface area contributed by atoms with Gasteiger partial charge in [0.25, 0.3) is 0 Å². The summed E-state index contributed by atoms with van der Waals surface area (Å²) in [5.41, 5.74) is 0. The molecule has 2 N–H and O–H groups in total. The quantitative estimate of drug-likeness (QED) is 0.349. The number of guanidine groups is 1. The van der Waals surface area contributed by atoms with Crippen LogP contribution in [0.15, 0.2) is 4.99 Å². The number of hydrogen-bond donors (Lipinski definition) is 2. The van der Waals surface area contributed by atoms with E-state index in [0.717, 1.165) is 0 Å². The first kappa shape index (κ1) is 23.5. The molecule has 0 aromatic rings. The van der Waals surface area contributed by atoms with E-state index in [1.165, 1.54) is 16.8 Å². The number of alkyl halides is 3. The summed E-state index contributed by atoms with van der Waals surface area (Å²) in [5.74, 6) is 0.259. The molecule has 22 heavy (non-hydrogen) atoms. The van der Waals surface area contributed by atoms with Gasteiger partial charge in [0.1, 0.15) is 6.54 Å². The second-order valence-electron chi connectivity index (χ2n) is 4.76. The normalized spacial score (nSPS) is 11.9. The van der Waals surface area contributed by atoms with Crippen LogP contribution < -0.4 is 10.6 Å². The maximum atomic E-state index is 12.2. The van der Waals surface area contributed by atoms with Gasteiger partial charge in [-0.3, -0.25) is 9.69 Å². The van der Waals surface area contributed by atoms with Gasteiger partial charge < -0.3 is 15.5 Å². The number of aliphatic imine (C=N–C) groups is 1. The Morgan fingerprint density at radius 3 is 2.23 bits per heavy atom. The molecule has 10 heteroatoms. The number of rotatable bonds is 7. The summed E-state index contributed by atoms with van der Waals surface area (Å²) in [6, 6.07) is 0. The van der Waals surface area contributed by atoms with Crippen molar-refractivity contribution in [1.29, 1.82) is 0 Å². The largest absolute Gasteiger partial charge is 0.401 e. The van der Waals surface area contributed by atoms with Gasteiger partial charge >= 0.3 is 6.18 Å². The standard InChI is InChI=1S/C12H24F3N5O.HI/c1-5-16-11(18-8-10(21)19(2)3)17-6-7-20(4)9-12(13,14)15;/h5-9H2,1-4H3,(H2,16,17,18);1H. The Kier molecular flexibility index (Phi) is 12.5. The lowest BCUT2D eigenvalue weighted by molar-refractivity contribution is -0.142. The molecule has 0 aliphatic rings. The highest BCUT2D eigenvalue weighted by molar-refractivity contribution is 14.0. The van der Waals surface area contributed by atoms with Gasteiger partial charge in [-0.2, -0.15) is 13.2 Å². The Balaban J connectivity index is 0. The molecule has 0 aliphatic carbocycles. The fourth-order valence-corrected chi connectivity index (χ4v) is 1.38. The summed E-state index contributed by atoms with van der Waals surface area (Å²) in [5, 5.41) is 5.82. The van der Waals surface area contributed by atoms with E-state index in [1.807, 2.05) is 6.92 Å². The lowest BCUT2D eigenvalue weighted by atomic mass is 10.5. The van der Waals surface area contributed by atoms with E-state index < -0.39 is 12.7 Å². The molecular weight excluding hydrogens is 414 g/mol. The zero-order valence-corrected chi connectivity index (χ0v) is 15.7. The van der Waals surface area contributed by atoms with Gasteiger partial charge in [0, 0.05) is 33.7 Å². The molecule has 0 aromatic heterocycles. The molecule has 0 heterocycles. The van der Waals surface area contributed by atoms with Crippen molar-refractivity contribution in [1.82, 2.24) is 20.4 Å². The lowest BCUT2D eigenvalue weighted by Gasteiger charge is -2.19. The number of carbonyl (C=O) groups excluding carboxylic acids is 1.